The molecule has 0 bridgehead atoms. The number of rotatable bonds is 34. The summed E-state index contributed by atoms with van der Waals surface area (Å²) in [6.07, 6.45) is 57.5. The Morgan fingerprint density at radius 3 is 1.17 bits per heavy atom. The third-order valence-electron chi connectivity index (χ3n) is 9.71. The molecule has 0 saturated heterocycles. The van der Waals surface area contributed by atoms with Crippen LogP contribution in [0.1, 0.15) is 208 Å². The Kier molecular flexibility index (Phi) is 33.7. The minimum atomic E-state index is 0.185. The average molecular weight is 639 g/mol. The maximum Gasteiger partial charge on any atom is 0.0978 e. The Hall–Kier alpha value is -1.50. The monoisotopic (exact) mass is 639 g/mol. The molecule has 0 aromatic heterocycles. The maximum atomic E-state index is 6.37. The normalized spacial score (nSPS) is 13.0. The van der Waals surface area contributed by atoms with Gasteiger partial charge in [0, 0.05) is 0 Å². The van der Waals surface area contributed by atoms with Gasteiger partial charge in [0.2, 0.25) is 0 Å². The summed E-state index contributed by atoms with van der Waals surface area (Å²) < 4.78 is 6.37. The van der Waals surface area contributed by atoms with Crippen LogP contribution in [0.15, 0.2) is 60.9 Å². The highest BCUT2D eigenvalue weighted by Gasteiger charge is 2.19. The number of hydrogen-bond donors (Lipinski definition) is 0. The molecule has 268 valence electrons. The quantitative estimate of drug-likeness (QED) is 0.0387. The van der Waals surface area contributed by atoms with Crippen LogP contribution in [0.25, 0.3) is 0 Å². The maximum absolute atomic E-state index is 6.37. The zero-order chi connectivity index (χ0) is 33.8. The van der Waals surface area contributed by atoms with Gasteiger partial charge in [-0.15, -0.1) is 0 Å². The molecule has 0 heterocycles. The second-order valence-electron chi connectivity index (χ2n) is 14.8. The van der Waals surface area contributed by atoms with E-state index in [0.29, 0.717) is 12.0 Å². The van der Waals surface area contributed by atoms with Crippen LogP contribution in [-0.4, -0.2) is 6.10 Å². The van der Waals surface area contributed by atoms with E-state index in [1.807, 2.05) is 6.26 Å². The summed E-state index contributed by atoms with van der Waals surface area (Å²) in [5.74, 6) is 0.617. The largest absolute Gasteiger partial charge is 0.498 e. The minimum Gasteiger partial charge on any atom is -0.498 e. The summed E-state index contributed by atoms with van der Waals surface area (Å²) in [6, 6.07) is 0. The number of hydrogen-bond acceptors (Lipinski definition) is 1. The van der Waals surface area contributed by atoms with Crippen LogP contribution >= 0.6 is 0 Å². The van der Waals surface area contributed by atoms with Crippen molar-refractivity contribution < 1.29 is 4.74 Å². The van der Waals surface area contributed by atoms with E-state index in [-0.39, 0.29) is 5.41 Å². The first-order valence-corrected chi connectivity index (χ1v) is 20.4. The molecule has 0 radical (unpaired) electrons. The van der Waals surface area contributed by atoms with E-state index in [1.165, 1.54) is 154 Å². The molecule has 0 aliphatic rings. The van der Waals surface area contributed by atoms with Crippen molar-refractivity contribution in [3.63, 3.8) is 0 Å². The first-order valence-electron chi connectivity index (χ1n) is 20.4. The Labute approximate surface area is 290 Å². The number of unbranched alkanes of at least 4 members (excludes halogenated alkanes) is 18. The van der Waals surface area contributed by atoms with E-state index >= 15 is 0 Å². The molecular weight excluding hydrogens is 556 g/mol. The zero-order valence-corrected chi connectivity index (χ0v) is 32.2. The molecule has 0 aliphatic carbocycles. The van der Waals surface area contributed by atoms with Crippen LogP contribution in [-0.2, 0) is 4.74 Å². The Balaban J connectivity index is 4.07. The molecule has 1 nitrogen and oxygen atoms in total. The zero-order valence-electron chi connectivity index (χ0n) is 32.2. The van der Waals surface area contributed by atoms with Gasteiger partial charge in [0.25, 0.3) is 0 Å². The minimum absolute atomic E-state index is 0.185. The summed E-state index contributed by atoms with van der Waals surface area (Å²) in [7, 11) is 0. The predicted molar refractivity (Wildman–Crippen MR) is 211 cm³/mol. The van der Waals surface area contributed by atoms with E-state index in [9.17, 15) is 0 Å². The summed E-state index contributed by atoms with van der Waals surface area (Å²) in [5, 5.41) is 0. The summed E-state index contributed by atoms with van der Waals surface area (Å²) in [4.78, 5) is 0. The highest BCUT2D eigenvalue weighted by atomic mass is 16.5. The van der Waals surface area contributed by atoms with Crippen LogP contribution in [0, 0.1) is 11.3 Å². The van der Waals surface area contributed by atoms with Crippen LogP contribution in [0.5, 0.6) is 0 Å². The van der Waals surface area contributed by atoms with E-state index in [4.69, 9.17) is 4.74 Å². The molecule has 0 N–H and O–H groups in total. The fraction of sp³-hybridized carbons (Fsp3) is 0.778. The highest BCUT2D eigenvalue weighted by Crippen LogP contribution is 2.28. The Bertz CT molecular complexity index is 701. The standard InChI is InChI=1S/C45H82O/c1-7-9-11-13-15-17-19-21-23-25-27-29-31-33-35-37-39-44(46-42-41-45(5,6)43(3)4)40-38-36-34-32-30-28-26-24-22-20-18-16-14-12-10-8-2/h15-18,21-24,41-44H,7-14,19-20,25-40H2,1-6H3/b17-15-,18-16-,23-21-,24-22-,42-41+. The van der Waals surface area contributed by atoms with E-state index in [0.717, 1.165) is 12.8 Å². The molecule has 0 rings (SSSR count). The van der Waals surface area contributed by atoms with Gasteiger partial charge in [0.15, 0.2) is 0 Å². The van der Waals surface area contributed by atoms with Crippen LogP contribution < -0.4 is 0 Å². The van der Waals surface area contributed by atoms with Crippen molar-refractivity contribution in [3.05, 3.63) is 60.9 Å². The lowest BCUT2D eigenvalue weighted by atomic mass is 9.81. The fourth-order valence-corrected chi connectivity index (χ4v) is 5.52. The second kappa shape index (κ2) is 34.8. The van der Waals surface area contributed by atoms with Crippen LogP contribution in [0.3, 0.4) is 0 Å². The van der Waals surface area contributed by atoms with Crippen molar-refractivity contribution in [2.24, 2.45) is 11.3 Å². The average Bonchev–Trinajstić information content (AvgIpc) is 3.03. The summed E-state index contributed by atoms with van der Waals surface area (Å²) in [6.45, 7) is 13.8. The predicted octanol–water partition coefficient (Wildman–Crippen LogP) is 16.0. The van der Waals surface area contributed by atoms with Gasteiger partial charge in [-0.2, -0.15) is 0 Å². The van der Waals surface area contributed by atoms with E-state index in [2.05, 4.69) is 96.2 Å². The van der Waals surface area contributed by atoms with Crippen molar-refractivity contribution in [1.29, 1.82) is 0 Å². The SMILES string of the molecule is CCCCC/C=C\C/C=C\CCCCCCCCC(CCCCCCCC/C=C\C/C=C\CCCCC)O/C=C/C(C)(C)C(C)C. The van der Waals surface area contributed by atoms with Crippen LogP contribution in [0.4, 0.5) is 0 Å². The molecule has 0 amide bonds. The van der Waals surface area contributed by atoms with Gasteiger partial charge < -0.3 is 4.74 Å². The smallest absolute Gasteiger partial charge is 0.0978 e. The van der Waals surface area contributed by atoms with Crippen molar-refractivity contribution in [1.82, 2.24) is 0 Å². The molecule has 0 atom stereocenters. The number of allylic oxidation sites excluding steroid dienone is 9. The van der Waals surface area contributed by atoms with Crippen molar-refractivity contribution in [2.75, 3.05) is 0 Å². The summed E-state index contributed by atoms with van der Waals surface area (Å²) >= 11 is 0. The number of ether oxygens (including phenoxy) is 1. The van der Waals surface area contributed by atoms with Crippen molar-refractivity contribution >= 4 is 0 Å². The van der Waals surface area contributed by atoms with Crippen molar-refractivity contribution in [2.45, 2.75) is 215 Å². The third-order valence-corrected chi connectivity index (χ3v) is 9.71. The lowest BCUT2D eigenvalue weighted by Crippen LogP contribution is -2.16. The Morgan fingerprint density at radius 2 is 0.804 bits per heavy atom. The van der Waals surface area contributed by atoms with Crippen molar-refractivity contribution in [3.8, 4) is 0 Å². The molecule has 0 fully saturated rings. The highest BCUT2D eigenvalue weighted by molar-refractivity contribution is 4.94. The molecule has 0 aromatic carbocycles. The van der Waals surface area contributed by atoms with E-state index in [1.54, 1.807) is 0 Å². The lowest BCUT2D eigenvalue weighted by Gasteiger charge is -2.25. The lowest BCUT2D eigenvalue weighted by molar-refractivity contribution is 0.117. The molecule has 0 unspecified atom stereocenters. The van der Waals surface area contributed by atoms with Gasteiger partial charge in [0.05, 0.1) is 12.4 Å². The molecule has 0 aromatic rings. The second-order valence-corrected chi connectivity index (χ2v) is 14.8. The molecule has 1 heteroatoms. The molecular formula is C45H82O. The molecule has 46 heavy (non-hydrogen) atoms. The first kappa shape index (κ1) is 44.5. The first-order chi connectivity index (χ1) is 22.4. The van der Waals surface area contributed by atoms with Gasteiger partial charge in [0.1, 0.15) is 0 Å². The van der Waals surface area contributed by atoms with Gasteiger partial charge in [-0.1, -0.05) is 167 Å². The van der Waals surface area contributed by atoms with Gasteiger partial charge in [-0.3, -0.25) is 0 Å². The summed E-state index contributed by atoms with van der Waals surface area (Å²) in [5.41, 5.74) is 0.185. The van der Waals surface area contributed by atoms with Gasteiger partial charge >= 0.3 is 0 Å². The molecule has 0 spiro atoms. The molecule has 0 saturated carbocycles. The topological polar surface area (TPSA) is 9.23 Å². The van der Waals surface area contributed by atoms with E-state index < -0.39 is 0 Å². The molecule has 0 aliphatic heterocycles. The van der Waals surface area contributed by atoms with Gasteiger partial charge in [-0.05, 0) is 107 Å². The van der Waals surface area contributed by atoms with Gasteiger partial charge in [-0.25, -0.2) is 0 Å². The van der Waals surface area contributed by atoms with Crippen LogP contribution in [0.2, 0.25) is 0 Å². The third kappa shape index (κ3) is 32.4. The Morgan fingerprint density at radius 1 is 0.457 bits per heavy atom. The fourth-order valence-electron chi connectivity index (χ4n) is 5.52.